The first-order valence-electron chi connectivity index (χ1n) is 7.00. The van der Waals surface area contributed by atoms with Crippen molar-refractivity contribution < 1.29 is 8.42 Å². The van der Waals surface area contributed by atoms with Crippen molar-refractivity contribution in [3.8, 4) is 0 Å². The lowest BCUT2D eigenvalue weighted by Gasteiger charge is -2.35. The number of likely N-dealkylation sites (N-methyl/N-ethyl adjacent to an activating group) is 1. The van der Waals surface area contributed by atoms with Crippen LogP contribution in [0.3, 0.4) is 0 Å². The molecular weight excluding hydrogens is 274 g/mol. The monoisotopic (exact) mass is 297 g/mol. The lowest BCUT2D eigenvalue weighted by atomic mass is 10.1. The van der Waals surface area contributed by atoms with Gasteiger partial charge in [0.25, 0.3) is 0 Å². The average Bonchev–Trinajstić information content (AvgIpc) is 2.46. The summed E-state index contributed by atoms with van der Waals surface area (Å²) in [6.07, 6.45) is 0. The largest absolute Gasteiger partial charge is 0.369 e. The molecule has 1 heterocycles. The predicted octanol–water partition coefficient (Wildman–Crippen LogP) is 0.878. The molecule has 1 N–H and O–H groups in total. The average molecular weight is 297 g/mol. The Balaban J connectivity index is 2.10. The van der Waals surface area contributed by atoms with E-state index in [0.717, 1.165) is 37.4 Å². The van der Waals surface area contributed by atoms with Crippen LogP contribution in [0.5, 0.6) is 0 Å². The van der Waals surface area contributed by atoms with E-state index in [-0.39, 0.29) is 5.75 Å². The molecule has 0 bridgehead atoms. The van der Waals surface area contributed by atoms with Gasteiger partial charge in [-0.1, -0.05) is 18.2 Å². The van der Waals surface area contributed by atoms with Crippen LogP contribution in [0.1, 0.15) is 12.5 Å². The number of rotatable bonds is 5. The van der Waals surface area contributed by atoms with Gasteiger partial charge in [0, 0.05) is 38.4 Å². The Morgan fingerprint density at radius 3 is 2.45 bits per heavy atom. The number of para-hydroxylation sites is 1. The van der Waals surface area contributed by atoms with Gasteiger partial charge in [-0.15, -0.1) is 0 Å². The molecule has 0 unspecified atom stereocenters. The SMILES string of the molecule is CCS(=O)(=O)NCc1ccccc1N1CCN(C)CC1. The van der Waals surface area contributed by atoms with E-state index in [1.807, 2.05) is 18.2 Å². The molecule has 1 saturated heterocycles. The van der Waals surface area contributed by atoms with Gasteiger partial charge >= 0.3 is 0 Å². The van der Waals surface area contributed by atoms with Crippen LogP contribution >= 0.6 is 0 Å². The van der Waals surface area contributed by atoms with Gasteiger partial charge in [-0.25, -0.2) is 13.1 Å². The molecule has 6 heteroatoms. The van der Waals surface area contributed by atoms with Gasteiger partial charge in [0.2, 0.25) is 10.0 Å². The van der Waals surface area contributed by atoms with Crippen molar-refractivity contribution in [1.29, 1.82) is 0 Å². The summed E-state index contributed by atoms with van der Waals surface area (Å²) in [5.74, 6) is 0.115. The Morgan fingerprint density at radius 2 is 1.80 bits per heavy atom. The first-order valence-corrected chi connectivity index (χ1v) is 8.66. The molecule has 1 aromatic rings. The summed E-state index contributed by atoms with van der Waals surface area (Å²) in [5.41, 5.74) is 2.17. The fourth-order valence-electron chi connectivity index (χ4n) is 2.31. The molecule has 20 heavy (non-hydrogen) atoms. The van der Waals surface area contributed by atoms with E-state index in [0.29, 0.717) is 6.54 Å². The van der Waals surface area contributed by atoms with Gasteiger partial charge in [-0.3, -0.25) is 0 Å². The maximum atomic E-state index is 11.6. The lowest BCUT2D eigenvalue weighted by Crippen LogP contribution is -2.45. The Labute approximate surface area is 121 Å². The zero-order valence-corrected chi connectivity index (χ0v) is 13.0. The molecule has 0 aromatic heterocycles. The zero-order chi connectivity index (χ0) is 14.6. The lowest BCUT2D eigenvalue weighted by molar-refractivity contribution is 0.312. The number of nitrogens with zero attached hydrogens (tertiary/aromatic N) is 2. The summed E-state index contributed by atoms with van der Waals surface area (Å²) in [7, 11) is -1.03. The number of benzene rings is 1. The molecule has 1 fully saturated rings. The second-order valence-electron chi connectivity index (χ2n) is 5.14. The molecule has 0 spiro atoms. The first-order chi connectivity index (χ1) is 9.52. The third kappa shape index (κ3) is 3.94. The highest BCUT2D eigenvalue weighted by molar-refractivity contribution is 7.89. The molecular formula is C14H23N3O2S. The second kappa shape index (κ2) is 6.56. The highest BCUT2D eigenvalue weighted by Crippen LogP contribution is 2.21. The molecule has 5 nitrogen and oxygen atoms in total. The Hall–Kier alpha value is -1.11. The summed E-state index contributed by atoms with van der Waals surface area (Å²) in [6.45, 7) is 6.04. The number of piperazine rings is 1. The van der Waals surface area contributed by atoms with E-state index in [1.54, 1.807) is 6.92 Å². The minimum absolute atomic E-state index is 0.115. The number of hydrogen-bond donors (Lipinski definition) is 1. The predicted molar refractivity (Wildman–Crippen MR) is 82.5 cm³/mol. The van der Waals surface area contributed by atoms with Crippen LogP contribution in [0.25, 0.3) is 0 Å². The summed E-state index contributed by atoms with van der Waals surface area (Å²) < 4.78 is 25.8. The van der Waals surface area contributed by atoms with Crippen LogP contribution < -0.4 is 9.62 Å². The highest BCUT2D eigenvalue weighted by Gasteiger charge is 2.17. The highest BCUT2D eigenvalue weighted by atomic mass is 32.2. The summed E-state index contributed by atoms with van der Waals surface area (Å²) in [5, 5.41) is 0. The zero-order valence-electron chi connectivity index (χ0n) is 12.2. The van der Waals surface area contributed by atoms with E-state index in [2.05, 4.69) is 27.6 Å². The molecule has 1 aromatic carbocycles. The van der Waals surface area contributed by atoms with Crippen LogP contribution in [-0.4, -0.2) is 52.3 Å². The Bertz CT molecular complexity index is 537. The molecule has 0 saturated carbocycles. The fourth-order valence-corrected chi connectivity index (χ4v) is 2.89. The molecule has 1 aliphatic rings. The van der Waals surface area contributed by atoms with Crippen LogP contribution in [0.15, 0.2) is 24.3 Å². The van der Waals surface area contributed by atoms with Crippen LogP contribution in [0.4, 0.5) is 5.69 Å². The quantitative estimate of drug-likeness (QED) is 0.876. The number of anilines is 1. The minimum atomic E-state index is -3.15. The molecule has 112 valence electrons. The molecule has 1 aliphatic heterocycles. The molecule has 0 atom stereocenters. The van der Waals surface area contributed by atoms with E-state index < -0.39 is 10.0 Å². The van der Waals surface area contributed by atoms with Crippen molar-refractivity contribution in [1.82, 2.24) is 9.62 Å². The maximum absolute atomic E-state index is 11.6. The normalized spacial score (nSPS) is 17.4. The molecule has 0 amide bonds. The molecule has 0 radical (unpaired) electrons. The first kappa shape index (κ1) is 15.3. The van der Waals surface area contributed by atoms with E-state index in [9.17, 15) is 8.42 Å². The van der Waals surface area contributed by atoms with Gasteiger partial charge in [0.1, 0.15) is 0 Å². The summed E-state index contributed by atoms with van der Waals surface area (Å²) in [4.78, 5) is 4.63. The molecule has 0 aliphatic carbocycles. The van der Waals surface area contributed by atoms with Crippen LogP contribution in [-0.2, 0) is 16.6 Å². The van der Waals surface area contributed by atoms with Crippen LogP contribution in [0, 0.1) is 0 Å². The van der Waals surface area contributed by atoms with Gasteiger partial charge in [0.05, 0.1) is 5.75 Å². The van der Waals surface area contributed by atoms with E-state index >= 15 is 0 Å². The fraction of sp³-hybridized carbons (Fsp3) is 0.571. The number of nitrogens with one attached hydrogen (secondary N) is 1. The minimum Gasteiger partial charge on any atom is -0.369 e. The van der Waals surface area contributed by atoms with Crippen LogP contribution in [0.2, 0.25) is 0 Å². The topological polar surface area (TPSA) is 52.7 Å². The second-order valence-corrected chi connectivity index (χ2v) is 7.24. The number of hydrogen-bond acceptors (Lipinski definition) is 4. The Kier molecular flexibility index (Phi) is 5.01. The van der Waals surface area contributed by atoms with E-state index in [1.165, 1.54) is 0 Å². The van der Waals surface area contributed by atoms with Crippen molar-refractivity contribution in [2.75, 3.05) is 43.9 Å². The molecule has 2 rings (SSSR count). The third-order valence-corrected chi connectivity index (χ3v) is 5.04. The van der Waals surface area contributed by atoms with Gasteiger partial charge in [0.15, 0.2) is 0 Å². The number of sulfonamides is 1. The van der Waals surface area contributed by atoms with Crippen molar-refractivity contribution in [3.05, 3.63) is 29.8 Å². The van der Waals surface area contributed by atoms with Gasteiger partial charge in [-0.2, -0.15) is 0 Å². The van der Waals surface area contributed by atoms with Crippen molar-refractivity contribution in [3.63, 3.8) is 0 Å². The van der Waals surface area contributed by atoms with Crippen molar-refractivity contribution >= 4 is 15.7 Å². The maximum Gasteiger partial charge on any atom is 0.211 e. The van der Waals surface area contributed by atoms with Crippen molar-refractivity contribution in [2.24, 2.45) is 0 Å². The van der Waals surface area contributed by atoms with Gasteiger partial charge in [-0.05, 0) is 25.6 Å². The standard InChI is InChI=1S/C14H23N3O2S/c1-3-20(18,19)15-12-13-6-4-5-7-14(13)17-10-8-16(2)9-11-17/h4-7,15H,3,8-12H2,1-2H3. The smallest absolute Gasteiger partial charge is 0.211 e. The van der Waals surface area contributed by atoms with E-state index in [4.69, 9.17) is 0 Å². The third-order valence-electron chi connectivity index (χ3n) is 3.70. The van der Waals surface area contributed by atoms with Gasteiger partial charge < -0.3 is 9.80 Å². The summed E-state index contributed by atoms with van der Waals surface area (Å²) in [6, 6.07) is 8.02. The van der Waals surface area contributed by atoms with Crippen molar-refractivity contribution in [2.45, 2.75) is 13.5 Å². The summed E-state index contributed by atoms with van der Waals surface area (Å²) >= 11 is 0. The Morgan fingerprint density at radius 1 is 1.15 bits per heavy atom.